The normalized spacial score (nSPS) is 27.6. The zero-order chi connectivity index (χ0) is 9.68. The van der Waals surface area contributed by atoms with Gasteiger partial charge in [0.05, 0.1) is 12.3 Å². The minimum Gasteiger partial charge on any atom is -0.411 e. The van der Waals surface area contributed by atoms with Gasteiger partial charge in [-0.1, -0.05) is 30.0 Å². The van der Waals surface area contributed by atoms with E-state index in [4.69, 9.17) is 10.3 Å². The first-order valence-corrected chi connectivity index (χ1v) is 4.13. The fourth-order valence-corrected chi connectivity index (χ4v) is 1.14. The molecule has 0 aliphatic heterocycles. The second kappa shape index (κ2) is 4.62. The van der Waals surface area contributed by atoms with E-state index in [1.807, 2.05) is 18.2 Å². The summed E-state index contributed by atoms with van der Waals surface area (Å²) in [4.78, 5) is 0. The molecule has 0 radical (unpaired) electrons. The van der Waals surface area contributed by atoms with Crippen LogP contribution in [0.3, 0.4) is 0 Å². The third kappa shape index (κ3) is 2.56. The van der Waals surface area contributed by atoms with Gasteiger partial charge < -0.3 is 10.3 Å². The van der Waals surface area contributed by atoms with Crippen LogP contribution in [0.25, 0.3) is 0 Å². The van der Waals surface area contributed by atoms with Gasteiger partial charge in [-0.15, -0.1) is 0 Å². The lowest BCUT2D eigenvalue weighted by Crippen LogP contribution is -2.02. The van der Waals surface area contributed by atoms with Crippen LogP contribution >= 0.6 is 0 Å². The number of oxime groups is 1. The van der Waals surface area contributed by atoms with E-state index < -0.39 is 0 Å². The first kappa shape index (κ1) is 9.74. The Balaban J connectivity index is 2.80. The van der Waals surface area contributed by atoms with Crippen LogP contribution in [0.1, 0.15) is 12.8 Å². The summed E-state index contributed by atoms with van der Waals surface area (Å²) in [6.07, 6.45) is 6.74. The molecule has 0 amide bonds. The third-order valence-electron chi connectivity index (χ3n) is 1.97. The molecule has 0 aromatic heterocycles. The molecule has 3 nitrogen and oxygen atoms in total. The molecule has 0 saturated heterocycles. The second-order valence-corrected chi connectivity index (χ2v) is 2.90. The maximum atomic E-state index is 8.89. The molecule has 3 heteroatoms. The fourth-order valence-electron chi connectivity index (χ4n) is 1.14. The maximum Gasteiger partial charge on any atom is 0.0862 e. The van der Waals surface area contributed by atoms with Crippen molar-refractivity contribution in [1.29, 1.82) is 0 Å². The van der Waals surface area contributed by atoms with Crippen LogP contribution in [0.2, 0.25) is 0 Å². The van der Waals surface area contributed by atoms with Gasteiger partial charge in [-0.2, -0.15) is 0 Å². The van der Waals surface area contributed by atoms with E-state index >= 15 is 0 Å². The SMILES string of the molecule is C=C1C/C=C(CO)\C=C/C/C1=N/O. The molecular weight excluding hydrogens is 166 g/mol. The van der Waals surface area contributed by atoms with Gasteiger partial charge in [0.15, 0.2) is 0 Å². The van der Waals surface area contributed by atoms with Crippen molar-refractivity contribution in [3.63, 3.8) is 0 Å². The summed E-state index contributed by atoms with van der Waals surface area (Å²) in [7, 11) is 0. The van der Waals surface area contributed by atoms with Crippen molar-refractivity contribution < 1.29 is 10.3 Å². The maximum absolute atomic E-state index is 8.89. The molecule has 0 atom stereocenters. The number of allylic oxidation sites excluding steroid dienone is 3. The Labute approximate surface area is 77.4 Å². The Hall–Kier alpha value is -1.35. The summed E-state index contributed by atoms with van der Waals surface area (Å²) in [5.74, 6) is 0. The number of rotatable bonds is 1. The van der Waals surface area contributed by atoms with Crippen LogP contribution < -0.4 is 0 Å². The lowest BCUT2D eigenvalue weighted by Gasteiger charge is -2.07. The van der Waals surface area contributed by atoms with Gasteiger partial charge in [-0.05, 0) is 17.6 Å². The quantitative estimate of drug-likeness (QED) is 0.475. The van der Waals surface area contributed by atoms with Crippen molar-refractivity contribution in [3.8, 4) is 0 Å². The van der Waals surface area contributed by atoms with Gasteiger partial charge in [-0.3, -0.25) is 0 Å². The van der Waals surface area contributed by atoms with Gasteiger partial charge in [0.25, 0.3) is 0 Å². The molecule has 0 heterocycles. The first-order chi connectivity index (χ1) is 6.27. The van der Waals surface area contributed by atoms with Crippen LogP contribution in [0.15, 0.2) is 41.1 Å². The molecule has 70 valence electrons. The van der Waals surface area contributed by atoms with E-state index in [9.17, 15) is 0 Å². The first-order valence-electron chi connectivity index (χ1n) is 4.13. The molecule has 0 aromatic rings. The molecule has 0 bridgehead atoms. The van der Waals surface area contributed by atoms with E-state index in [1.54, 1.807) is 0 Å². The van der Waals surface area contributed by atoms with Crippen LogP contribution in [0.5, 0.6) is 0 Å². The Morgan fingerprint density at radius 1 is 1.46 bits per heavy atom. The van der Waals surface area contributed by atoms with Crippen molar-refractivity contribution in [2.45, 2.75) is 12.8 Å². The van der Waals surface area contributed by atoms with Crippen molar-refractivity contribution in [2.75, 3.05) is 6.61 Å². The largest absolute Gasteiger partial charge is 0.411 e. The van der Waals surface area contributed by atoms with Crippen LogP contribution in [-0.4, -0.2) is 22.6 Å². The molecule has 1 rings (SSSR count). The highest BCUT2D eigenvalue weighted by Crippen LogP contribution is 2.13. The molecule has 0 saturated carbocycles. The smallest absolute Gasteiger partial charge is 0.0862 e. The predicted octanol–water partition coefficient (Wildman–Crippen LogP) is 1.64. The average molecular weight is 179 g/mol. The lowest BCUT2D eigenvalue weighted by molar-refractivity contribution is 0.318. The molecular formula is C10H13NO2. The van der Waals surface area contributed by atoms with Gasteiger partial charge in [0, 0.05) is 6.42 Å². The van der Waals surface area contributed by atoms with E-state index in [2.05, 4.69) is 11.7 Å². The third-order valence-corrected chi connectivity index (χ3v) is 1.97. The van der Waals surface area contributed by atoms with Gasteiger partial charge in [0.1, 0.15) is 0 Å². The summed E-state index contributed by atoms with van der Waals surface area (Å²) in [6.45, 7) is 3.82. The van der Waals surface area contributed by atoms with Gasteiger partial charge in [0.2, 0.25) is 0 Å². The topological polar surface area (TPSA) is 52.8 Å². The van der Waals surface area contributed by atoms with E-state index in [0.29, 0.717) is 18.6 Å². The Kier molecular flexibility index (Phi) is 3.46. The molecule has 1 aliphatic carbocycles. The summed E-state index contributed by atoms with van der Waals surface area (Å²) in [5.41, 5.74) is 2.26. The highest BCUT2D eigenvalue weighted by molar-refractivity contribution is 6.00. The van der Waals surface area contributed by atoms with Crippen molar-refractivity contribution in [3.05, 3.63) is 36.0 Å². The lowest BCUT2D eigenvalue weighted by atomic mass is 10.0. The van der Waals surface area contributed by atoms with E-state index in [0.717, 1.165) is 11.1 Å². The molecule has 0 unspecified atom stereocenters. The number of aliphatic hydroxyl groups excluding tert-OH is 1. The average Bonchev–Trinajstić information content (AvgIpc) is 2.13. The zero-order valence-electron chi connectivity index (χ0n) is 7.40. The van der Waals surface area contributed by atoms with Crippen LogP contribution in [-0.2, 0) is 0 Å². The monoisotopic (exact) mass is 179 g/mol. The van der Waals surface area contributed by atoms with Crippen molar-refractivity contribution in [1.82, 2.24) is 0 Å². The van der Waals surface area contributed by atoms with E-state index in [-0.39, 0.29) is 6.61 Å². The number of aliphatic hydroxyl groups is 1. The van der Waals surface area contributed by atoms with Crippen LogP contribution in [0.4, 0.5) is 0 Å². The Morgan fingerprint density at radius 3 is 2.85 bits per heavy atom. The van der Waals surface area contributed by atoms with Gasteiger partial charge in [-0.25, -0.2) is 0 Å². The minimum atomic E-state index is 0.0371. The standard InChI is InChI=1S/C10H13NO2/c1-8-5-6-9(7-12)3-2-4-10(8)11-13/h2-3,6,12-13H,1,4-5,7H2/b3-2-,9-6+,11-10-. The molecule has 0 fully saturated rings. The Bertz CT molecular complexity index is 287. The van der Waals surface area contributed by atoms with Gasteiger partial charge >= 0.3 is 0 Å². The molecule has 0 spiro atoms. The fraction of sp³-hybridized carbons (Fsp3) is 0.300. The molecule has 1 aliphatic rings. The highest BCUT2D eigenvalue weighted by Gasteiger charge is 2.05. The van der Waals surface area contributed by atoms with Crippen LogP contribution in [0, 0.1) is 0 Å². The Morgan fingerprint density at radius 2 is 2.23 bits per heavy atom. The van der Waals surface area contributed by atoms with Crippen molar-refractivity contribution in [2.24, 2.45) is 5.16 Å². The number of hydrogen-bond acceptors (Lipinski definition) is 3. The summed E-state index contributed by atoms with van der Waals surface area (Å²) in [6, 6.07) is 0. The highest BCUT2D eigenvalue weighted by atomic mass is 16.4. The molecule has 0 aromatic carbocycles. The summed E-state index contributed by atoms with van der Waals surface area (Å²) in [5, 5.41) is 20.7. The summed E-state index contributed by atoms with van der Waals surface area (Å²) >= 11 is 0. The molecule has 13 heavy (non-hydrogen) atoms. The predicted molar refractivity (Wildman–Crippen MR) is 51.9 cm³/mol. The number of nitrogens with zero attached hydrogens (tertiary/aromatic N) is 1. The summed E-state index contributed by atoms with van der Waals surface area (Å²) < 4.78 is 0. The minimum absolute atomic E-state index is 0.0371. The number of hydrogen-bond donors (Lipinski definition) is 2. The second-order valence-electron chi connectivity index (χ2n) is 2.90. The zero-order valence-corrected chi connectivity index (χ0v) is 7.40. The molecule has 2 N–H and O–H groups in total. The van der Waals surface area contributed by atoms with Crippen molar-refractivity contribution >= 4 is 5.71 Å². The van der Waals surface area contributed by atoms with E-state index in [1.165, 1.54) is 0 Å².